The summed E-state index contributed by atoms with van der Waals surface area (Å²) in [7, 11) is 0. The van der Waals surface area contributed by atoms with Crippen LogP contribution >= 0.6 is 0 Å². The van der Waals surface area contributed by atoms with Crippen molar-refractivity contribution in [1.82, 2.24) is 9.47 Å². The molecule has 0 spiro atoms. The third-order valence-electron chi connectivity index (χ3n) is 3.56. The number of hydrogen-bond donors (Lipinski definition) is 1. The molecule has 0 bridgehead atoms. The maximum absolute atomic E-state index is 12.1. The molecule has 1 N–H and O–H groups in total. The second kappa shape index (κ2) is 5.90. The summed E-state index contributed by atoms with van der Waals surface area (Å²) in [5.41, 5.74) is 0.793. The Balaban J connectivity index is 2.00. The fourth-order valence-electron chi connectivity index (χ4n) is 2.51. The first-order valence-electron chi connectivity index (χ1n) is 6.68. The van der Waals surface area contributed by atoms with Crippen LogP contribution in [0.15, 0.2) is 23.1 Å². The van der Waals surface area contributed by atoms with Crippen molar-refractivity contribution in [2.75, 3.05) is 6.54 Å². The topological polar surface area (TPSA) is 79.6 Å². The quantitative estimate of drug-likeness (QED) is 0.875. The third kappa shape index (κ3) is 3.07. The monoisotopic (exact) mass is 278 g/mol. The van der Waals surface area contributed by atoms with Crippen molar-refractivity contribution in [2.45, 2.75) is 38.8 Å². The Kier molecular flexibility index (Phi) is 4.22. The van der Waals surface area contributed by atoms with E-state index < -0.39 is 12.0 Å². The van der Waals surface area contributed by atoms with E-state index in [0.717, 1.165) is 5.56 Å². The molecule has 1 aromatic rings. The van der Waals surface area contributed by atoms with Gasteiger partial charge in [0.2, 0.25) is 5.91 Å². The van der Waals surface area contributed by atoms with E-state index >= 15 is 0 Å². The number of likely N-dealkylation sites (tertiary alicyclic amines) is 1. The summed E-state index contributed by atoms with van der Waals surface area (Å²) < 4.78 is 1.49. The van der Waals surface area contributed by atoms with Crippen molar-refractivity contribution in [2.24, 2.45) is 0 Å². The molecule has 2 heterocycles. The smallest absolute Gasteiger partial charge is 0.326 e. The number of amides is 1. The van der Waals surface area contributed by atoms with Crippen LogP contribution in [0.4, 0.5) is 0 Å². The van der Waals surface area contributed by atoms with Gasteiger partial charge >= 0.3 is 5.97 Å². The number of carboxylic acid groups (broad SMARTS) is 1. The molecule has 0 aliphatic carbocycles. The van der Waals surface area contributed by atoms with E-state index in [2.05, 4.69) is 0 Å². The molecule has 0 saturated carbocycles. The Morgan fingerprint density at radius 1 is 1.40 bits per heavy atom. The van der Waals surface area contributed by atoms with Crippen molar-refractivity contribution in [3.05, 3.63) is 34.2 Å². The average Bonchev–Trinajstić information content (AvgIpc) is 2.89. The Hall–Kier alpha value is -2.11. The maximum atomic E-state index is 12.1. The largest absolute Gasteiger partial charge is 0.480 e. The summed E-state index contributed by atoms with van der Waals surface area (Å²) >= 11 is 0. The zero-order valence-corrected chi connectivity index (χ0v) is 11.4. The first-order chi connectivity index (χ1) is 9.49. The molecule has 1 amide bonds. The van der Waals surface area contributed by atoms with Crippen LogP contribution in [0, 0.1) is 6.92 Å². The number of aromatic nitrogens is 1. The predicted molar refractivity (Wildman–Crippen MR) is 72.4 cm³/mol. The molecular weight excluding hydrogens is 260 g/mol. The van der Waals surface area contributed by atoms with Gasteiger partial charge in [-0.05, 0) is 25.3 Å². The van der Waals surface area contributed by atoms with Gasteiger partial charge in [-0.2, -0.15) is 0 Å². The number of pyridine rings is 1. The second-order valence-corrected chi connectivity index (χ2v) is 5.07. The molecule has 108 valence electrons. The van der Waals surface area contributed by atoms with E-state index in [1.165, 1.54) is 15.5 Å². The van der Waals surface area contributed by atoms with Crippen molar-refractivity contribution >= 4 is 11.9 Å². The molecule has 1 unspecified atom stereocenters. The fraction of sp³-hybridized carbons (Fsp3) is 0.500. The van der Waals surface area contributed by atoms with Crippen LogP contribution in [-0.4, -0.2) is 39.0 Å². The van der Waals surface area contributed by atoms with Crippen molar-refractivity contribution < 1.29 is 14.7 Å². The van der Waals surface area contributed by atoms with Crippen LogP contribution in [0.2, 0.25) is 0 Å². The van der Waals surface area contributed by atoms with Gasteiger partial charge in [-0.15, -0.1) is 0 Å². The highest BCUT2D eigenvalue weighted by atomic mass is 16.4. The number of carboxylic acids is 1. The molecule has 1 saturated heterocycles. The molecule has 6 nitrogen and oxygen atoms in total. The molecule has 1 atom stereocenters. The summed E-state index contributed by atoms with van der Waals surface area (Å²) in [5, 5.41) is 9.05. The number of rotatable bonds is 4. The minimum atomic E-state index is -0.955. The van der Waals surface area contributed by atoms with Crippen LogP contribution in [0.25, 0.3) is 0 Å². The minimum Gasteiger partial charge on any atom is -0.480 e. The number of hydrogen-bond acceptors (Lipinski definition) is 3. The normalized spacial score (nSPS) is 18.2. The number of nitrogens with zero attached hydrogens (tertiary/aromatic N) is 2. The van der Waals surface area contributed by atoms with Gasteiger partial charge in [0.05, 0.1) is 0 Å². The standard InChI is InChI=1S/C14H18N2O4/c1-10-4-5-12(17)15(9-10)8-6-13(18)16-7-2-3-11(16)14(19)20/h4-5,9,11H,2-3,6-8H2,1H3,(H,19,20). The van der Waals surface area contributed by atoms with Gasteiger partial charge < -0.3 is 14.6 Å². The van der Waals surface area contributed by atoms with Crippen LogP contribution in [0.1, 0.15) is 24.8 Å². The number of aryl methyl sites for hydroxylation is 2. The molecule has 6 heteroatoms. The highest BCUT2D eigenvalue weighted by molar-refractivity contribution is 5.84. The second-order valence-electron chi connectivity index (χ2n) is 5.07. The Labute approximate surface area is 116 Å². The Morgan fingerprint density at radius 2 is 2.15 bits per heavy atom. The minimum absolute atomic E-state index is 0.146. The highest BCUT2D eigenvalue weighted by Gasteiger charge is 2.33. The molecule has 1 aromatic heterocycles. The Bertz CT molecular complexity index is 579. The molecule has 20 heavy (non-hydrogen) atoms. The zero-order valence-electron chi connectivity index (χ0n) is 11.4. The van der Waals surface area contributed by atoms with Gasteiger partial charge in [-0.1, -0.05) is 6.07 Å². The van der Waals surface area contributed by atoms with Gasteiger partial charge in [0.1, 0.15) is 6.04 Å². The zero-order chi connectivity index (χ0) is 14.7. The lowest BCUT2D eigenvalue weighted by Gasteiger charge is -2.21. The molecule has 2 rings (SSSR count). The maximum Gasteiger partial charge on any atom is 0.326 e. The summed E-state index contributed by atoms with van der Waals surface area (Å²) in [6, 6.07) is 2.48. The van der Waals surface area contributed by atoms with Gasteiger partial charge in [0.15, 0.2) is 0 Å². The van der Waals surface area contributed by atoms with Crippen LogP contribution in [-0.2, 0) is 16.1 Å². The van der Waals surface area contributed by atoms with E-state index in [4.69, 9.17) is 5.11 Å². The summed E-state index contributed by atoms with van der Waals surface area (Å²) in [4.78, 5) is 36.1. The highest BCUT2D eigenvalue weighted by Crippen LogP contribution is 2.18. The first-order valence-corrected chi connectivity index (χ1v) is 6.68. The molecule has 1 fully saturated rings. The number of carbonyl (C=O) groups excluding carboxylic acids is 1. The molecule has 0 radical (unpaired) electrons. The van der Waals surface area contributed by atoms with Crippen molar-refractivity contribution in [1.29, 1.82) is 0 Å². The van der Waals surface area contributed by atoms with E-state index in [0.29, 0.717) is 19.4 Å². The van der Waals surface area contributed by atoms with Crippen LogP contribution in [0.3, 0.4) is 0 Å². The fourth-order valence-corrected chi connectivity index (χ4v) is 2.51. The number of aliphatic carboxylic acids is 1. The van der Waals surface area contributed by atoms with E-state index in [9.17, 15) is 14.4 Å². The van der Waals surface area contributed by atoms with E-state index in [1.54, 1.807) is 12.3 Å². The predicted octanol–water partition coefficient (Wildman–Crippen LogP) is 0.622. The van der Waals surface area contributed by atoms with Gasteiger partial charge in [0.25, 0.3) is 5.56 Å². The lowest BCUT2D eigenvalue weighted by molar-refractivity contribution is -0.148. The lowest BCUT2D eigenvalue weighted by Crippen LogP contribution is -2.41. The third-order valence-corrected chi connectivity index (χ3v) is 3.56. The lowest BCUT2D eigenvalue weighted by atomic mass is 10.2. The van der Waals surface area contributed by atoms with Crippen molar-refractivity contribution in [3.8, 4) is 0 Å². The summed E-state index contributed by atoms with van der Waals surface area (Å²) in [5.74, 6) is -1.16. The first kappa shape index (κ1) is 14.3. The molecule has 1 aliphatic heterocycles. The Morgan fingerprint density at radius 3 is 2.85 bits per heavy atom. The van der Waals surface area contributed by atoms with E-state index in [-0.39, 0.29) is 24.4 Å². The SMILES string of the molecule is Cc1ccc(=O)n(CCC(=O)N2CCCC2C(=O)O)c1. The number of carbonyl (C=O) groups is 2. The van der Waals surface area contributed by atoms with Gasteiger partial charge in [-0.25, -0.2) is 4.79 Å². The van der Waals surface area contributed by atoms with Gasteiger partial charge in [0, 0.05) is 31.8 Å². The molecular formula is C14H18N2O4. The van der Waals surface area contributed by atoms with Crippen molar-refractivity contribution in [3.63, 3.8) is 0 Å². The molecule has 0 aromatic carbocycles. The summed E-state index contributed by atoms with van der Waals surface area (Å²) in [6.45, 7) is 2.64. The van der Waals surface area contributed by atoms with Crippen LogP contribution in [0.5, 0.6) is 0 Å². The summed E-state index contributed by atoms with van der Waals surface area (Å²) in [6.07, 6.45) is 3.07. The van der Waals surface area contributed by atoms with Crippen LogP contribution < -0.4 is 5.56 Å². The average molecular weight is 278 g/mol. The van der Waals surface area contributed by atoms with E-state index in [1.807, 2.05) is 6.92 Å². The van der Waals surface area contributed by atoms with Gasteiger partial charge in [-0.3, -0.25) is 9.59 Å². The molecule has 1 aliphatic rings.